The first-order valence-electron chi connectivity index (χ1n) is 2.16. The summed E-state index contributed by atoms with van der Waals surface area (Å²) in [6.45, 7) is 0.593. The Kier molecular flexibility index (Phi) is 6.68. The van der Waals surface area contributed by atoms with Crippen molar-refractivity contribution in [3.63, 3.8) is 0 Å². The van der Waals surface area contributed by atoms with Gasteiger partial charge in [-0.15, -0.1) is 11.6 Å². The van der Waals surface area contributed by atoms with Crippen molar-refractivity contribution in [2.75, 3.05) is 12.4 Å². The van der Waals surface area contributed by atoms with Crippen molar-refractivity contribution >= 4 is 29.0 Å². The zero-order valence-corrected chi connectivity index (χ0v) is 5.87. The molecule has 0 unspecified atom stereocenters. The van der Waals surface area contributed by atoms with Gasteiger partial charge in [-0.05, 0) is 12.2 Å². The van der Waals surface area contributed by atoms with Crippen LogP contribution in [0.1, 0.15) is 0 Å². The Morgan fingerprint density at radius 2 is 2.38 bits per heavy atom. The van der Waals surface area contributed by atoms with Gasteiger partial charge in [-0.1, -0.05) is 12.2 Å². The topological polar surface area (TPSA) is 12.4 Å². The molecule has 1 nitrogen and oxygen atoms in total. The molecule has 0 aromatic heterocycles. The average Bonchev–Trinajstić information content (AvgIpc) is 1.81. The Labute approximate surface area is 59.1 Å². The summed E-state index contributed by atoms with van der Waals surface area (Å²) < 4.78 is 0. The summed E-state index contributed by atoms with van der Waals surface area (Å²) in [7, 11) is 0. The van der Waals surface area contributed by atoms with Gasteiger partial charge in [0.15, 0.2) is 0 Å². The maximum absolute atomic E-state index is 5.31. The SMILES string of the molecule is S=C=NC/C=C/CCl. The van der Waals surface area contributed by atoms with E-state index in [2.05, 4.69) is 22.4 Å². The van der Waals surface area contributed by atoms with E-state index in [0.717, 1.165) is 0 Å². The lowest BCUT2D eigenvalue weighted by atomic mass is 10.5. The van der Waals surface area contributed by atoms with E-state index in [1.165, 1.54) is 0 Å². The number of isothiocyanates is 1. The van der Waals surface area contributed by atoms with Crippen molar-refractivity contribution in [1.82, 2.24) is 0 Å². The molecule has 0 heterocycles. The molecule has 0 bridgehead atoms. The van der Waals surface area contributed by atoms with Crippen LogP contribution < -0.4 is 0 Å². The second kappa shape index (κ2) is 6.83. The minimum Gasteiger partial charge on any atom is -0.228 e. The van der Waals surface area contributed by atoms with Crippen LogP contribution in [0.4, 0.5) is 0 Å². The predicted octanol–water partition coefficient (Wildman–Crippen LogP) is 1.88. The van der Waals surface area contributed by atoms with Crippen LogP contribution in [-0.4, -0.2) is 17.6 Å². The minimum absolute atomic E-state index is 0.535. The molecule has 0 aromatic rings. The number of thiocarbonyl (C=S) groups is 1. The van der Waals surface area contributed by atoms with Crippen LogP contribution in [0.3, 0.4) is 0 Å². The number of alkyl halides is 1. The quantitative estimate of drug-likeness (QED) is 0.257. The number of rotatable bonds is 3. The van der Waals surface area contributed by atoms with E-state index in [9.17, 15) is 0 Å². The first-order chi connectivity index (χ1) is 3.91. The third kappa shape index (κ3) is 5.83. The zero-order chi connectivity index (χ0) is 6.24. The Hall–Kier alpha value is -0.170. The zero-order valence-electron chi connectivity index (χ0n) is 4.30. The van der Waals surface area contributed by atoms with Crippen LogP contribution in [0.5, 0.6) is 0 Å². The van der Waals surface area contributed by atoms with Gasteiger partial charge in [-0.3, -0.25) is 0 Å². The molecule has 0 aliphatic rings. The van der Waals surface area contributed by atoms with Crippen molar-refractivity contribution < 1.29 is 0 Å². The Balaban J connectivity index is 3.15. The van der Waals surface area contributed by atoms with Crippen LogP contribution in [0, 0.1) is 0 Å². The van der Waals surface area contributed by atoms with Gasteiger partial charge in [0.25, 0.3) is 0 Å². The van der Waals surface area contributed by atoms with Crippen LogP contribution in [-0.2, 0) is 0 Å². The summed E-state index contributed by atoms with van der Waals surface area (Å²) in [4.78, 5) is 3.63. The van der Waals surface area contributed by atoms with Crippen molar-refractivity contribution in [2.45, 2.75) is 0 Å². The fourth-order valence-electron chi connectivity index (χ4n) is 0.228. The number of allylic oxidation sites excluding steroid dienone is 1. The van der Waals surface area contributed by atoms with Gasteiger partial charge in [0.2, 0.25) is 0 Å². The van der Waals surface area contributed by atoms with Crippen LogP contribution in [0.15, 0.2) is 17.1 Å². The van der Waals surface area contributed by atoms with Crippen LogP contribution in [0.25, 0.3) is 0 Å². The van der Waals surface area contributed by atoms with Gasteiger partial charge in [-0.25, -0.2) is 4.99 Å². The smallest absolute Gasteiger partial charge is 0.0674 e. The second-order valence-electron chi connectivity index (χ2n) is 1.06. The molecule has 3 heteroatoms. The first-order valence-corrected chi connectivity index (χ1v) is 3.10. The van der Waals surface area contributed by atoms with E-state index >= 15 is 0 Å². The molecule has 0 aliphatic carbocycles. The lowest BCUT2D eigenvalue weighted by molar-refractivity contribution is 1.26. The van der Waals surface area contributed by atoms with Crippen molar-refractivity contribution in [3.8, 4) is 0 Å². The van der Waals surface area contributed by atoms with Gasteiger partial charge in [-0.2, -0.15) is 0 Å². The molecule has 0 saturated carbocycles. The lowest BCUT2D eigenvalue weighted by Gasteiger charge is -1.74. The number of hydrogen-bond acceptors (Lipinski definition) is 2. The van der Waals surface area contributed by atoms with Crippen LogP contribution in [0.2, 0.25) is 0 Å². The summed E-state index contributed by atoms with van der Waals surface area (Å²) in [5.41, 5.74) is 0. The highest BCUT2D eigenvalue weighted by atomic mass is 35.5. The molecule has 0 rings (SSSR count). The number of halogens is 1. The van der Waals surface area contributed by atoms with E-state index < -0.39 is 0 Å². The molecule has 8 heavy (non-hydrogen) atoms. The second-order valence-corrected chi connectivity index (χ2v) is 1.55. The lowest BCUT2D eigenvalue weighted by Crippen LogP contribution is -1.68. The van der Waals surface area contributed by atoms with Crippen molar-refractivity contribution in [1.29, 1.82) is 0 Å². The fourth-order valence-corrected chi connectivity index (χ4v) is 0.428. The summed E-state index contributed by atoms with van der Waals surface area (Å²) in [5, 5.41) is 2.24. The summed E-state index contributed by atoms with van der Waals surface area (Å²) in [6, 6.07) is 0. The normalized spacial score (nSPS) is 9.12. The minimum atomic E-state index is 0.535. The molecule has 0 N–H and O–H groups in total. The summed E-state index contributed by atoms with van der Waals surface area (Å²) >= 11 is 9.62. The summed E-state index contributed by atoms with van der Waals surface area (Å²) in [5.74, 6) is 0.535. The molecule has 0 spiro atoms. The molecule has 0 fully saturated rings. The number of nitrogens with zero attached hydrogens (tertiary/aromatic N) is 1. The van der Waals surface area contributed by atoms with Gasteiger partial charge in [0, 0.05) is 5.88 Å². The number of hydrogen-bond donors (Lipinski definition) is 0. The maximum Gasteiger partial charge on any atom is 0.0674 e. The Bertz CT molecular complexity index is 116. The molecule has 44 valence electrons. The third-order valence-corrected chi connectivity index (χ3v) is 0.824. The van der Waals surface area contributed by atoms with Crippen molar-refractivity contribution in [3.05, 3.63) is 12.2 Å². The molecule has 0 amide bonds. The predicted molar refractivity (Wildman–Crippen MR) is 39.8 cm³/mol. The van der Waals surface area contributed by atoms with E-state index in [1.807, 2.05) is 12.2 Å². The van der Waals surface area contributed by atoms with E-state index in [4.69, 9.17) is 11.6 Å². The average molecular weight is 148 g/mol. The molecule has 0 saturated heterocycles. The standard InChI is InChI=1S/C5H6ClNS/c6-3-1-2-4-7-5-8/h1-2H,3-4H2/b2-1+. The van der Waals surface area contributed by atoms with E-state index in [0.29, 0.717) is 12.4 Å². The third-order valence-electron chi connectivity index (χ3n) is 0.517. The molecule has 0 radical (unpaired) electrons. The van der Waals surface area contributed by atoms with E-state index in [-0.39, 0.29) is 0 Å². The van der Waals surface area contributed by atoms with Gasteiger partial charge in [0.05, 0.1) is 11.7 Å². The molecule has 0 aromatic carbocycles. The Morgan fingerprint density at radius 1 is 1.62 bits per heavy atom. The first kappa shape index (κ1) is 7.83. The largest absolute Gasteiger partial charge is 0.228 e. The van der Waals surface area contributed by atoms with E-state index in [1.54, 1.807) is 0 Å². The number of aliphatic imine (C=N–C) groups is 1. The van der Waals surface area contributed by atoms with Gasteiger partial charge < -0.3 is 0 Å². The molecular formula is C5H6ClNS. The fraction of sp³-hybridized carbons (Fsp3) is 0.400. The molecular weight excluding hydrogens is 142 g/mol. The highest BCUT2D eigenvalue weighted by Crippen LogP contribution is 1.77. The molecule has 0 aliphatic heterocycles. The van der Waals surface area contributed by atoms with Gasteiger partial charge >= 0.3 is 0 Å². The highest BCUT2D eigenvalue weighted by molar-refractivity contribution is 7.78. The monoisotopic (exact) mass is 147 g/mol. The summed E-state index contributed by atoms with van der Waals surface area (Å²) in [6.07, 6.45) is 3.66. The van der Waals surface area contributed by atoms with Gasteiger partial charge in [0.1, 0.15) is 0 Å². The maximum atomic E-state index is 5.31. The highest BCUT2D eigenvalue weighted by Gasteiger charge is 1.66. The Morgan fingerprint density at radius 3 is 2.88 bits per heavy atom. The van der Waals surface area contributed by atoms with Crippen LogP contribution >= 0.6 is 23.8 Å². The van der Waals surface area contributed by atoms with Crippen molar-refractivity contribution in [2.24, 2.45) is 4.99 Å². The molecule has 0 atom stereocenters.